The number of likely N-dealkylation sites (tertiary alicyclic amines) is 1. The van der Waals surface area contributed by atoms with Crippen molar-refractivity contribution in [1.29, 1.82) is 0 Å². The Morgan fingerprint density at radius 3 is 2.48 bits per heavy atom. The van der Waals surface area contributed by atoms with Crippen molar-refractivity contribution in [2.45, 2.75) is 25.2 Å². The molecule has 0 atom stereocenters. The molecule has 2 aliphatic rings. The van der Waals surface area contributed by atoms with Gasteiger partial charge in [0.05, 0.1) is 17.9 Å². The third-order valence-electron chi connectivity index (χ3n) is 5.63. The van der Waals surface area contributed by atoms with Crippen molar-refractivity contribution in [3.8, 4) is 17.1 Å². The number of halogens is 3. The van der Waals surface area contributed by atoms with Gasteiger partial charge in [-0.05, 0) is 31.1 Å². The fourth-order valence-corrected chi connectivity index (χ4v) is 4.28. The zero-order valence-corrected chi connectivity index (χ0v) is 16.2. The molecule has 2 fully saturated rings. The number of nitrogen functional groups attached to an aromatic ring is 1. The first kappa shape index (κ1) is 20.7. The lowest BCUT2D eigenvalue weighted by Gasteiger charge is -2.58. The SMILES string of the molecule is C=CC(=O)N1CC2(CC(n3nc(-c4ccc(OC(F)(F)F)cn4)c(C(N)=O)c3N)C2)C1. The number of hydrogen-bond donors (Lipinski definition) is 2. The van der Waals surface area contributed by atoms with E-state index >= 15 is 0 Å². The van der Waals surface area contributed by atoms with Crippen LogP contribution in [0.25, 0.3) is 11.4 Å². The summed E-state index contributed by atoms with van der Waals surface area (Å²) in [5, 5.41) is 4.39. The lowest BCUT2D eigenvalue weighted by Crippen LogP contribution is -2.63. The van der Waals surface area contributed by atoms with E-state index in [1.807, 2.05) is 0 Å². The number of pyridine rings is 1. The minimum absolute atomic E-state index is 0.0103. The van der Waals surface area contributed by atoms with Crippen LogP contribution in [0.2, 0.25) is 0 Å². The molecule has 0 radical (unpaired) electrons. The molecule has 0 bridgehead atoms. The average Bonchev–Trinajstić information content (AvgIpc) is 2.95. The molecule has 12 heteroatoms. The second-order valence-corrected chi connectivity index (χ2v) is 7.81. The van der Waals surface area contributed by atoms with Crippen LogP contribution in [0, 0.1) is 5.41 Å². The minimum atomic E-state index is -4.85. The molecule has 4 N–H and O–H groups in total. The number of nitrogens with two attached hydrogens (primary N) is 2. The highest BCUT2D eigenvalue weighted by Gasteiger charge is 2.54. The van der Waals surface area contributed by atoms with E-state index in [1.54, 1.807) is 4.90 Å². The Morgan fingerprint density at radius 1 is 1.29 bits per heavy atom. The number of anilines is 1. The van der Waals surface area contributed by atoms with E-state index in [4.69, 9.17) is 11.5 Å². The predicted molar refractivity (Wildman–Crippen MR) is 103 cm³/mol. The Balaban J connectivity index is 1.55. The van der Waals surface area contributed by atoms with Gasteiger partial charge in [0, 0.05) is 18.5 Å². The maximum atomic E-state index is 12.3. The van der Waals surface area contributed by atoms with Crippen molar-refractivity contribution < 1.29 is 27.5 Å². The van der Waals surface area contributed by atoms with Gasteiger partial charge in [-0.1, -0.05) is 6.58 Å². The van der Waals surface area contributed by atoms with Gasteiger partial charge in [-0.2, -0.15) is 5.10 Å². The summed E-state index contributed by atoms with van der Waals surface area (Å²) in [4.78, 5) is 29.3. The molecular formula is C19H19F3N6O3. The quantitative estimate of drug-likeness (QED) is 0.689. The van der Waals surface area contributed by atoms with Crippen molar-refractivity contribution >= 4 is 17.6 Å². The van der Waals surface area contributed by atoms with Gasteiger partial charge >= 0.3 is 6.36 Å². The van der Waals surface area contributed by atoms with Crippen LogP contribution in [0.4, 0.5) is 19.0 Å². The van der Waals surface area contributed by atoms with Crippen molar-refractivity contribution in [2.75, 3.05) is 18.8 Å². The largest absolute Gasteiger partial charge is 0.573 e. The number of alkyl halides is 3. The lowest BCUT2D eigenvalue weighted by atomic mass is 9.60. The third kappa shape index (κ3) is 3.68. The second kappa shape index (κ2) is 7.00. The van der Waals surface area contributed by atoms with Crippen molar-refractivity contribution in [1.82, 2.24) is 19.7 Å². The van der Waals surface area contributed by atoms with Crippen LogP contribution in [-0.2, 0) is 4.79 Å². The van der Waals surface area contributed by atoms with E-state index in [-0.39, 0.29) is 40.1 Å². The predicted octanol–water partition coefficient (Wildman–Crippen LogP) is 1.87. The van der Waals surface area contributed by atoms with E-state index in [1.165, 1.54) is 16.8 Å². The summed E-state index contributed by atoms with van der Waals surface area (Å²) in [5.41, 5.74) is 11.8. The van der Waals surface area contributed by atoms with Gasteiger partial charge < -0.3 is 21.1 Å². The molecule has 164 valence electrons. The number of rotatable bonds is 5. The number of nitrogens with zero attached hydrogens (tertiary/aromatic N) is 4. The van der Waals surface area contributed by atoms with Crippen LogP contribution in [0.1, 0.15) is 29.2 Å². The monoisotopic (exact) mass is 436 g/mol. The molecule has 31 heavy (non-hydrogen) atoms. The Labute approximate surface area is 174 Å². The summed E-state index contributed by atoms with van der Waals surface area (Å²) in [7, 11) is 0. The van der Waals surface area contributed by atoms with Gasteiger partial charge in [0.2, 0.25) is 5.91 Å². The Bertz CT molecular complexity index is 1050. The molecule has 0 aromatic carbocycles. The fourth-order valence-electron chi connectivity index (χ4n) is 4.28. The Morgan fingerprint density at radius 2 is 1.97 bits per heavy atom. The molecule has 1 saturated heterocycles. The average molecular weight is 436 g/mol. The van der Waals surface area contributed by atoms with E-state index in [9.17, 15) is 22.8 Å². The maximum Gasteiger partial charge on any atom is 0.573 e. The zero-order valence-electron chi connectivity index (χ0n) is 16.2. The number of carbonyl (C=O) groups excluding carboxylic acids is 2. The topological polar surface area (TPSA) is 129 Å². The number of aromatic nitrogens is 3. The first-order valence-corrected chi connectivity index (χ1v) is 9.33. The van der Waals surface area contributed by atoms with E-state index < -0.39 is 18.0 Å². The highest BCUT2D eigenvalue weighted by atomic mass is 19.4. The fraction of sp³-hybridized carbons (Fsp3) is 0.368. The number of hydrogen-bond acceptors (Lipinski definition) is 6. The van der Waals surface area contributed by atoms with Gasteiger partial charge in [-0.25, -0.2) is 4.68 Å². The first-order chi connectivity index (χ1) is 14.5. The van der Waals surface area contributed by atoms with Gasteiger partial charge in [0.25, 0.3) is 5.91 Å². The van der Waals surface area contributed by atoms with Crippen LogP contribution >= 0.6 is 0 Å². The smallest absolute Gasteiger partial charge is 0.404 e. The molecule has 1 aliphatic heterocycles. The van der Waals surface area contributed by atoms with Gasteiger partial charge in [0.1, 0.15) is 22.8 Å². The zero-order chi connectivity index (χ0) is 22.6. The molecule has 1 saturated carbocycles. The standard InChI is InChI=1S/C19H19F3N6O3/c1-2-13(29)27-8-18(9-27)5-10(6-18)28-16(23)14(17(24)30)15(26-28)12-4-3-11(7-25-12)31-19(20,21)22/h2-4,7,10H,1,5-6,8-9,23H2,(H2,24,30). The van der Waals surface area contributed by atoms with Gasteiger partial charge in [-0.3, -0.25) is 14.6 Å². The highest BCUT2D eigenvalue weighted by molar-refractivity contribution is 6.03. The van der Waals surface area contributed by atoms with Gasteiger partial charge in [-0.15, -0.1) is 13.2 Å². The second-order valence-electron chi connectivity index (χ2n) is 7.81. The van der Waals surface area contributed by atoms with Crippen molar-refractivity contribution in [3.63, 3.8) is 0 Å². The molecule has 4 rings (SSSR count). The first-order valence-electron chi connectivity index (χ1n) is 9.33. The van der Waals surface area contributed by atoms with E-state index in [0.29, 0.717) is 25.9 Å². The Kier molecular flexibility index (Phi) is 4.67. The normalized spacial score (nSPS) is 17.7. The molecule has 1 spiro atoms. The van der Waals surface area contributed by atoms with Crippen molar-refractivity contribution in [2.24, 2.45) is 11.1 Å². The van der Waals surface area contributed by atoms with Crippen LogP contribution in [0.5, 0.6) is 5.75 Å². The summed E-state index contributed by atoms with van der Waals surface area (Å²) < 4.78 is 42.3. The van der Waals surface area contributed by atoms with Crippen LogP contribution in [-0.4, -0.2) is 50.9 Å². The number of carbonyl (C=O) groups is 2. The van der Waals surface area contributed by atoms with Gasteiger partial charge in [0.15, 0.2) is 0 Å². The minimum Gasteiger partial charge on any atom is -0.404 e. The molecule has 2 amide bonds. The third-order valence-corrected chi connectivity index (χ3v) is 5.63. The summed E-state index contributed by atoms with van der Waals surface area (Å²) >= 11 is 0. The maximum absolute atomic E-state index is 12.3. The van der Waals surface area contributed by atoms with Crippen LogP contribution in [0.3, 0.4) is 0 Å². The molecule has 0 unspecified atom stereocenters. The number of amides is 2. The Hall–Kier alpha value is -3.57. The van der Waals surface area contributed by atoms with E-state index in [2.05, 4.69) is 21.4 Å². The molecule has 2 aromatic rings. The molecular weight excluding hydrogens is 417 g/mol. The van der Waals surface area contributed by atoms with Crippen molar-refractivity contribution in [3.05, 3.63) is 36.5 Å². The summed E-state index contributed by atoms with van der Waals surface area (Å²) in [5.74, 6) is -1.38. The van der Waals surface area contributed by atoms with Crippen LogP contribution < -0.4 is 16.2 Å². The number of primary amides is 1. The van der Waals surface area contributed by atoms with Crippen LogP contribution in [0.15, 0.2) is 31.0 Å². The molecule has 2 aromatic heterocycles. The molecule has 9 nitrogen and oxygen atoms in total. The molecule has 1 aliphatic carbocycles. The molecule has 3 heterocycles. The summed E-state index contributed by atoms with van der Waals surface area (Å²) in [6.45, 7) is 4.71. The van der Waals surface area contributed by atoms with E-state index in [0.717, 1.165) is 12.3 Å². The lowest BCUT2D eigenvalue weighted by molar-refractivity contribution is -0.274. The summed E-state index contributed by atoms with van der Waals surface area (Å²) in [6.07, 6.45) is -1.27. The summed E-state index contributed by atoms with van der Waals surface area (Å²) in [6, 6.07) is 2.21. The number of ether oxygens (including phenoxy) is 1. The highest BCUT2D eigenvalue weighted by Crippen LogP contribution is 2.54.